The molecule has 1 amide bonds. The van der Waals surface area contributed by atoms with Gasteiger partial charge in [-0.05, 0) is 25.0 Å². The number of hydrogen-bond acceptors (Lipinski definition) is 5. The van der Waals surface area contributed by atoms with E-state index >= 15 is 0 Å². The monoisotopic (exact) mass is 333 g/mol. The Morgan fingerprint density at radius 1 is 1.42 bits per heavy atom. The average Bonchev–Trinajstić information content (AvgIpc) is 2.76. The predicted octanol–water partition coefficient (Wildman–Crippen LogP) is 2.01. The molecule has 132 valence electrons. The lowest BCUT2D eigenvalue weighted by molar-refractivity contribution is -0.133. The maximum atomic E-state index is 12.4. The van der Waals surface area contributed by atoms with Crippen LogP contribution in [0, 0.1) is 6.92 Å². The molecule has 2 aliphatic heterocycles. The summed E-state index contributed by atoms with van der Waals surface area (Å²) >= 11 is 0. The smallest absolute Gasteiger partial charge is 0.225 e. The summed E-state index contributed by atoms with van der Waals surface area (Å²) in [5, 5.41) is 0. The van der Waals surface area contributed by atoms with Gasteiger partial charge in [-0.3, -0.25) is 4.79 Å². The molecule has 0 saturated carbocycles. The molecule has 3 heterocycles. The third-order valence-corrected chi connectivity index (χ3v) is 4.59. The summed E-state index contributed by atoms with van der Waals surface area (Å²) in [6.45, 7) is 8.29. The van der Waals surface area contributed by atoms with Gasteiger partial charge in [-0.15, -0.1) is 0 Å². The zero-order chi connectivity index (χ0) is 16.9. The maximum absolute atomic E-state index is 12.4. The molecule has 1 aromatic rings. The van der Waals surface area contributed by atoms with Gasteiger partial charge in [0.1, 0.15) is 0 Å². The van der Waals surface area contributed by atoms with Gasteiger partial charge in [0.05, 0.1) is 25.7 Å². The lowest BCUT2D eigenvalue weighted by Crippen LogP contribution is -2.55. The van der Waals surface area contributed by atoms with Crippen molar-refractivity contribution in [3.8, 4) is 5.75 Å². The van der Waals surface area contributed by atoms with E-state index in [9.17, 15) is 4.79 Å². The van der Waals surface area contributed by atoms with Crippen molar-refractivity contribution in [1.82, 2.24) is 9.88 Å². The van der Waals surface area contributed by atoms with Crippen LogP contribution in [0.3, 0.4) is 0 Å². The summed E-state index contributed by atoms with van der Waals surface area (Å²) in [6, 6.07) is 2.32. The number of piperazine rings is 1. The Bertz CT molecular complexity index is 579. The van der Waals surface area contributed by atoms with E-state index in [-0.39, 0.29) is 11.9 Å². The Kier molecular flexibility index (Phi) is 5.56. The topological polar surface area (TPSA) is 54.9 Å². The fraction of sp³-hybridized carbons (Fsp3) is 0.667. The van der Waals surface area contributed by atoms with E-state index in [1.165, 1.54) is 0 Å². The number of aromatic nitrogens is 1. The number of carbonyl (C=O) groups excluding carboxylic acids is 1. The second kappa shape index (κ2) is 7.83. The van der Waals surface area contributed by atoms with Gasteiger partial charge in [0.15, 0.2) is 11.6 Å². The van der Waals surface area contributed by atoms with Crippen LogP contribution in [-0.4, -0.2) is 61.3 Å². The lowest BCUT2D eigenvalue weighted by atomic mass is 10.1. The van der Waals surface area contributed by atoms with Crippen LogP contribution in [0.4, 0.5) is 5.82 Å². The number of hydrogen-bond donors (Lipinski definition) is 0. The summed E-state index contributed by atoms with van der Waals surface area (Å²) in [5.41, 5.74) is 1.10. The highest BCUT2D eigenvalue weighted by atomic mass is 16.5. The van der Waals surface area contributed by atoms with Crippen LogP contribution in [0.1, 0.15) is 31.7 Å². The Hall–Kier alpha value is -1.82. The Morgan fingerprint density at radius 2 is 2.29 bits per heavy atom. The number of nitrogens with zero attached hydrogens (tertiary/aromatic N) is 3. The third kappa shape index (κ3) is 3.80. The molecule has 6 nitrogen and oxygen atoms in total. The third-order valence-electron chi connectivity index (χ3n) is 4.59. The van der Waals surface area contributed by atoms with Crippen molar-refractivity contribution < 1.29 is 14.3 Å². The quantitative estimate of drug-likeness (QED) is 0.772. The molecule has 1 aromatic heterocycles. The number of aryl methyl sites for hydroxylation is 1. The Labute approximate surface area is 143 Å². The van der Waals surface area contributed by atoms with Crippen molar-refractivity contribution >= 4 is 11.7 Å². The Balaban J connectivity index is 1.62. The van der Waals surface area contributed by atoms with Crippen LogP contribution in [0.2, 0.25) is 0 Å². The van der Waals surface area contributed by atoms with E-state index in [2.05, 4.69) is 16.8 Å². The van der Waals surface area contributed by atoms with E-state index in [1.807, 2.05) is 24.1 Å². The minimum Gasteiger partial charge on any atom is -0.490 e. The van der Waals surface area contributed by atoms with Crippen molar-refractivity contribution in [2.24, 2.45) is 0 Å². The van der Waals surface area contributed by atoms with E-state index in [1.54, 1.807) is 0 Å². The number of fused-ring (bicyclic) bond motifs is 3. The largest absolute Gasteiger partial charge is 0.490 e. The first kappa shape index (κ1) is 17.0. The number of amides is 1. The normalized spacial score (nSPS) is 20.0. The number of anilines is 1. The first-order valence-electron chi connectivity index (χ1n) is 8.90. The van der Waals surface area contributed by atoms with Crippen LogP contribution in [-0.2, 0) is 9.53 Å². The van der Waals surface area contributed by atoms with E-state index in [4.69, 9.17) is 9.47 Å². The molecule has 0 aliphatic carbocycles. The van der Waals surface area contributed by atoms with Gasteiger partial charge in [0, 0.05) is 38.9 Å². The van der Waals surface area contributed by atoms with Crippen LogP contribution >= 0.6 is 0 Å². The molecule has 0 radical (unpaired) electrons. The SMILES string of the molecule is CCCOCCC(=O)N1CCN2c3ncc(C)cc3OCCC2C1. The van der Waals surface area contributed by atoms with Gasteiger partial charge in [-0.2, -0.15) is 0 Å². The number of ether oxygens (including phenoxy) is 2. The molecule has 3 rings (SSSR count). The van der Waals surface area contributed by atoms with Crippen LogP contribution in [0.15, 0.2) is 12.3 Å². The lowest BCUT2D eigenvalue weighted by Gasteiger charge is -2.41. The van der Waals surface area contributed by atoms with Gasteiger partial charge < -0.3 is 19.3 Å². The molecule has 1 atom stereocenters. The van der Waals surface area contributed by atoms with E-state index in [0.717, 1.165) is 56.2 Å². The highest BCUT2D eigenvalue weighted by Gasteiger charge is 2.33. The van der Waals surface area contributed by atoms with Crippen LogP contribution < -0.4 is 9.64 Å². The van der Waals surface area contributed by atoms with Crippen molar-refractivity contribution in [2.75, 3.05) is 44.4 Å². The highest BCUT2D eigenvalue weighted by molar-refractivity contribution is 5.76. The highest BCUT2D eigenvalue weighted by Crippen LogP contribution is 2.33. The second-order valence-electron chi connectivity index (χ2n) is 6.52. The predicted molar refractivity (Wildman–Crippen MR) is 92.5 cm³/mol. The van der Waals surface area contributed by atoms with Gasteiger partial charge in [-0.1, -0.05) is 6.92 Å². The zero-order valence-electron chi connectivity index (χ0n) is 14.7. The Morgan fingerprint density at radius 3 is 3.12 bits per heavy atom. The fourth-order valence-corrected chi connectivity index (χ4v) is 3.33. The molecule has 1 fully saturated rings. The van der Waals surface area contributed by atoms with Crippen molar-refractivity contribution in [3.63, 3.8) is 0 Å². The molecule has 6 heteroatoms. The molecule has 1 saturated heterocycles. The van der Waals surface area contributed by atoms with E-state index in [0.29, 0.717) is 19.6 Å². The van der Waals surface area contributed by atoms with Gasteiger partial charge in [-0.25, -0.2) is 4.98 Å². The molecule has 0 N–H and O–H groups in total. The van der Waals surface area contributed by atoms with Crippen molar-refractivity contribution in [3.05, 3.63) is 17.8 Å². The van der Waals surface area contributed by atoms with Gasteiger partial charge in [0.2, 0.25) is 5.91 Å². The molecular formula is C18H27N3O3. The number of rotatable bonds is 5. The zero-order valence-corrected chi connectivity index (χ0v) is 14.7. The number of carbonyl (C=O) groups is 1. The minimum absolute atomic E-state index is 0.188. The maximum Gasteiger partial charge on any atom is 0.225 e. The molecule has 1 unspecified atom stereocenters. The minimum atomic E-state index is 0.188. The molecule has 24 heavy (non-hydrogen) atoms. The first-order valence-corrected chi connectivity index (χ1v) is 8.90. The summed E-state index contributed by atoms with van der Waals surface area (Å²) < 4.78 is 11.3. The average molecular weight is 333 g/mol. The van der Waals surface area contributed by atoms with E-state index < -0.39 is 0 Å². The van der Waals surface area contributed by atoms with Gasteiger partial charge >= 0.3 is 0 Å². The first-order chi connectivity index (χ1) is 11.7. The summed E-state index contributed by atoms with van der Waals surface area (Å²) in [4.78, 5) is 21.2. The molecule has 0 bridgehead atoms. The summed E-state index contributed by atoms with van der Waals surface area (Å²) in [5.74, 6) is 1.97. The summed E-state index contributed by atoms with van der Waals surface area (Å²) in [6.07, 6.45) is 4.25. The fourth-order valence-electron chi connectivity index (χ4n) is 3.33. The van der Waals surface area contributed by atoms with Crippen molar-refractivity contribution in [1.29, 1.82) is 0 Å². The number of pyridine rings is 1. The van der Waals surface area contributed by atoms with Gasteiger partial charge in [0.25, 0.3) is 0 Å². The molecule has 0 aromatic carbocycles. The van der Waals surface area contributed by atoms with Crippen LogP contribution in [0.5, 0.6) is 5.75 Å². The summed E-state index contributed by atoms with van der Waals surface area (Å²) in [7, 11) is 0. The molecular weight excluding hydrogens is 306 g/mol. The molecule has 0 spiro atoms. The van der Waals surface area contributed by atoms with Crippen molar-refractivity contribution in [2.45, 2.75) is 39.2 Å². The molecule has 2 aliphatic rings. The van der Waals surface area contributed by atoms with Crippen LogP contribution in [0.25, 0.3) is 0 Å². The second-order valence-corrected chi connectivity index (χ2v) is 6.52. The standard InChI is InChI=1S/C18H27N3O3/c1-3-8-23-9-5-17(22)20-6-7-21-15(13-20)4-10-24-16-11-14(2)12-19-18(16)21/h11-12,15H,3-10,13H2,1-2H3.